The average Bonchev–Trinajstić information content (AvgIpc) is 2.76. The zero-order valence-corrected chi connectivity index (χ0v) is 12.3. The Morgan fingerprint density at radius 3 is 2.85 bits per heavy atom. The maximum absolute atomic E-state index is 5.61. The van der Waals surface area contributed by atoms with Crippen LogP contribution >= 0.6 is 0 Å². The number of nitrogens with one attached hydrogen (secondary N) is 2. The van der Waals surface area contributed by atoms with Gasteiger partial charge < -0.3 is 15.4 Å². The quantitative estimate of drug-likeness (QED) is 0.826. The summed E-state index contributed by atoms with van der Waals surface area (Å²) in [6, 6.07) is 7.28. The Kier molecular flexibility index (Phi) is 4.80. The summed E-state index contributed by atoms with van der Waals surface area (Å²) in [6.07, 6.45) is 9.48. The number of benzene rings is 1. The summed E-state index contributed by atoms with van der Waals surface area (Å²) < 4.78 is 5.61. The minimum Gasteiger partial charge on any atom is -0.490 e. The van der Waals surface area contributed by atoms with Crippen LogP contribution in [0.4, 0.5) is 5.69 Å². The van der Waals surface area contributed by atoms with Crippen molar-refractivity contribution >= 4 is 5.69 Å². The smallest absolute Gasteiger partial charge is 0.142 e. The van der Waals surface area contributed by atoms with E-state index in [2.05, 4.69) is 28.8 Å². The van der Waals surface area contributed by atoms with E-state index < -0.39 is 0 Å². The van der Waals surface area contributed by atoms with Crippen LogP contribution in [0.25, 0.3) is 0 Å². The topological polar surface area (TPSA) is 33.3 Å². The SMILES string of the molecule is c1cc2c(cc1CCNC1CCCCCC1)NCCO2. The highest BCUT2D eigenvalue weighted by Gasteiger charge is 2.12. The van der Waals surface area contributed by atoms with Gasteiger partial charge in [0, 0.05) is 12.6 Å². The molecule has 0 atom stereocenters. The van der Waals surface area contributed by atoms with Crippen molar-refractivity contribution in [2.45, 2.75) is 51.0 Å². The number of ether oxygens (including phenoxy) is 1. The van der Waals surface area contributed by atoms with Crippen molar-refractivity contribution < 1.29 is 4.74 Å². The summed E-state index contributed by atoms with van der Waals surface area (Å²) in [5.41, 5.74) is 2.55. The van der Waals surface area contributed by atoms with E-state index in [4.69, 9.17) is 4.74 Å². The van der Waals surface area contributed by atoms with Gasteiger partial charge in [-0.05, 0) is 43.5 Å². The van der Waals surface area contributed by atoms with E-state index in [1.54, 1.807) is 0 Å². The molecule has 3 nitrogen and oxygen atoms in total. The molecule has 1 aliphatic carbocycles. The largest absolute Gasteiger partial charge is 0.490 e. The lowest BCUT2D eigenvalue weighted by Crippen LogP contribution is -2.30. The molecule has 2 N–H and O–H groups in total. The predicted molar refractivity (Wildman–Crippen MR) is 83.6 cm³/mol. The molecule has 20 heavy (non-hydrogen) atoms. The number of fused-ring (bicyclic) bond motifs is 1. The van der Waals surface area contributed by atoms with Crippen molar-refractivity contribution in [3.63, 3.8) is 0 Å². The van der Waals surface area contributed by atoms with Crippen LogP contribution in [0.1, 0.15) is 44.1 Å². The Morgan fingerprint density at radius 1 is 1.15 bits per heavy atom. The van der Waals surface area contributed by atoms with Crippen LogP contribution in [-0.2, 0) is 6.42 Å². The second-order valence-corrected chi connectivity index (χ2v) is 6.00. The van der Waals surface area contributed by atoms with Crippen LogP contribution in [-0.4, -0.2) is 25.7 Å². The predicted octanol–water partition coefficient (Wildman–Crippen LogP) is 3.35. The average molecular weight is 274 g/mol. The normalized spacial score (nSPS) is 19.6. The molecule has 1 aromatic rings. The van der Waals surface area contributed by atoms with Crippen LogP contribution in [0.3, 0.4) is 0 Å². The van der Waals surface area contributed by atoms with E-state index in [0.29, 0.717) is 0 Å². The highest BCUT2D eigenvalue weighted by atomic mass is 16.5. The monoisotopic (exact) mass is 274 g/mol. The summed E-state index contributed by atoms with van der Waals surface area (Å²) in [6.45, 7) is 2.77. The van der Waals surface area contributed by atoms with Gasteiger partial charge >= 0.3 is 0 Å². The molecule has 2 aliphatic rings. The molecule has 0 amide bonds. The first-order valence-corrected chi connectivity index (χ1v) is 8.15. The van der Waals surface area contributed by atoms with E-state index in [1.165, 1.54) is 44.1 Å². The molecule has 1 saturated carbocycles. The standard InChI is InChI=1S/C17H26N2O/c1-2-4-6-15(5-3-1)18-10-9-14-7-8-17-16(13-14)19-11-12-20-17/h7-8,13,15,18-19H,1-6,9-12H2. The molecule has 3 rings (SSSR count). The molecule has 0 aromatic heterocycles. The second kappa shape index (κ2) is 6.98. The zero-order chi connectivity index (χ0) is 13.6. The first-order chi connectivity index (χ1) is 9.92. The molecule has 1 heterocycles. The second-order valence-electron chi connectivity index (χ2n) is 6.00. The summed E-state index contributed by atoms with van der Waals surface area (Å²) in [5.74, 6) is 0.997. The Bertz CT molecular complexity index is 425. The fraction of sp³-hybridized carbons (Fsp3) is 0.647. The minimum absolute atomic E-state index is 0.747. The molecule has 1 aromatic carbocycles. The van der Waals surface area contributed by atoms with Crippen molar-refractivity contribution in [1.29, 1.82) is 0 Å². The maximum Gasteiger partial charge on any atom is 0.142 e. The van der Waals surface area contributed by atoms with Gasteiger partial charge in [0.25, 0.3) is 0 Å². The van der Waals surface area contributed by atoms with Gasteiger partial charge in [0.1, 0.15) is 12.4 Å². The Hall–Kier alpha value is -1.22. The van der Waals surface area contributed by atoms with E-state index in [0.717, 1.165) is 43.6 Å². The lowest BCUT2D eigenvalue weighted by molar-refractivity contribution is 0.323. The lowest BCUT2D eigenvalue weighted by atomic mass is 10.1. The molecule has 0 saturated heterocycles. The molecule has 0 unspecified atom stereocenters. The number of hydrogen-bond donors (Lipinski definition) is 2. The number of anilines is 1. The third kappa shape index (κ3) is 3.66. The van der Waals surface area contributed by atoms with E-state index in [-0.39, 0.29) is 0 Å². The van der Waals surface area contributed by atoms with Gasteiger partial charge in [0.2, 0.25) is 0 Å². The summed E-state index contributed by atoms with van der Waals surface area (Å²) in [5, 5.41) is 7.14. The fourth-order valence-corrected chi connectivity index (χ4v) is 3.25. The van der Waals surface area contributed by atoms with Crippen molar-refractivity contribution in [2.24, 2.45) is 0 Å². The summed E-state index contributed by atoms with van der Waals surface area (Å²) >= 11 is 0. The van der Waals surface area contributed by atoms with Crippen LogP contribution < -0.4 is 15.4 Å². The zero-order valence-electron chi connectivity index (χ0n) is 12.3. The van der Waals surface area contributed by atoms with Gasteiger partial charge in [-0.1, -0.05) is 31.7 Å². The molecule has 1 aliphatic heterocycles. The van der Waals surface area contributed by atoms with Gasteiger partial charge in [-0.25, -0.2) is 0 Å². The summed E-state index contributed by atoms with van der Waals surface area (Å²) in [7, 11) is 0. The Balaban J connectivity index is 1.48. The third-order valence-electron chi connectivity index (χ3n) is 4.42. The molecule has 0 bridgehead atoms. The van der Waals surface area contributed by atoms with Crippen molar-refractivity contribution in [3.8, 4) is 5.75 Å². The van der Waals surface area contributed by atoms with E-state index in [9.17, 15) is 0 Å². The highest BCUT2D eigenvalue weighted by Crippen LogP contribution is 2.28. The van der Waals surface area contributed by atoms with Gasteiger partial charge in [0.15, 0.2) is 0 Å². The van der Waals surface area contributed by atoms with Crippen molar-refractivity contribution in [3.05, 3.63) is 23.8 Å². The first kappa shape index (κ1) is 13.7. The van der Waals surface area contributed by atoms with E-state index >= 15 is 0 Å². The van der Waals surface area contributed by atoms with Crippen LogP contribution in [0.15, 0.2) is 18.2 Å². The molecule has 0 radical (unpaired) electrons. The molecule has 1 fully saturated rings. The van der Waals surface area contributed by atoms with Gasteiger partial charge in [0.05, 0.1) is 5.69 Å². The van der Waals surface area contributed by atoms with Crippen LogP contribution in [0, 0.1) is 0 Å². The Morgan fingerprint density at radius 2 is 2.00 bits per heavy atom. The maximum atomic E-state index is 5.61. The molecule has 3 heteroatoms. The van der Waals surface area contributed by atoms with Crippen LogP contribution in [0.2, 0.25) is 0 Å². The van der Waals surface area contributed by atoms with Crippen molar-refractivity contribution in [1.82, 2.24) is 5.32 Å². The molecular weight excluding hydrogens is 248 g/mol. The number of rotatable bonds is 4. The minimum atomic E-state index is 0.747. The Labute approximate surface area is 122 Å². The summed E-state index contributed by atoms with van der Waals surface area (Å²) in [4.78, 5) is 0. The van der Waals surface area contributed by atoms with Gasteiger partial charge in [-0.15, -0.1) is 0 Å². The molecule has 0 spiro atoms. The van der Waals surface area contributed by atoms with Crippen LogP contribution in [0.5, 0.6) is 5.75 Å². The fourth-order valence-electron chi connectivity index (χ4n) is 3.25. The first-order valence-electron chi connectivity index (χ1n) is 8.15. The third-order valence-corrected chi connectivity index (χ3v) is 4.42. The molecular formula is C17H26N2O. The number of hydrogen-bond acceptors (Lipinski definition) is 3. The van der Waals surface area contributed by atoms with Gasteiger partial charge in [-0.3, -0.25) is 0 Å². The molecule has 110 valence electrons. The van der Waals surface area contributed by atoms with E-state index in [1.807, 2.05) is 0 Å². The highest BCUT2D eigenvalue weighted by molar-refractivity contribution is 5.59. The van der Waals surface area contributed by atoms with Crippen molar-refractivity contribution in [2.75, 3.05) is 25.0 Å². The van der Waals surface area contributed by atoms with Gasteiger partial charge in [-0.2, -0.15) is 0 Å². The lowest BCUT2D eigenvalue weighted by Gasteiger charge is -2.20.